The number of carbonyl (C=O) groups is 4. The molecule has 11 heteroatoms. The van der Waals surface area contributed by atoms with Gasteiger partial charge in [-0.05, 0) is 43.9 Å². The number of amides is 3. The van der Waals surface area contributed by atoms with Crippen molar-refractivity contribution in [1.29, 1.82) is 0 Å². The molecule has 0 saturated carbocycles. The lowest BCUT2D eigenvalue weighted by Crippen LogP contribution is -2.58. The lowest BCUT2D eigenvalue weighted by molar-refractivity contribution is -0.142. The van der Waals surface area contributed by atoms with Crippen molar-refractivity contribution < 1.29 is 29.4 Å². The third-order valence-electron chi connectivity index (χ3n) is 6.22. The maximum Gasteiger partial charge on any atom is 0.326 e. The van der Waals surface area contributed by atoms with Gasteiger partial charge in [0.05, 0.1) is 6.10 Å². The van der Waals surface area contributed by atoms with E-state index in [2.05, 4.69) is 16.0 Å². The third kappa shape index (κ3) is 10.8. The number of hydrogen-bond acceptors (Lipinski definition) is 7. The number of nitrogens with one attached hydrogen (secondary N) is 3. The summed E-state index contributed by atoms with van der Waals surface area (Å²) in [5, 5.41) is 27.2. The number of carboxylic acids is 1. The number of hydrogen-bond donors (Lipinski definition) is 7. The van der Waals surface area contributed by atoms with E-state index < -0.39 is 54.0 Å². The first-order chi connectivity index (χ1) is 18.6. The first-order valence-electron chi connectivity index (χ1n) is 13.0. The average Bonchev–Trinajstić information content (AvgIpc) is 2.92. The molecule has 0 heterocycles. The van der Waals surface area contributed by atoms with Crippen molar-refractivity contribution in [1.82, 2.24) is 16.0 Å². The second-order valence-corrected chi connectivity index (χ2v) is 9.45. The van der Waals surface area contributed by atoms with Crippen LogP contribution in [-0.2, 0) is 32.0 Å². The molecule has 0 aliphatic rings. The molecule has 2 aromatic rings. The highest BCUT2D eigenvalue weighted by Gasteiger charge is 2.31. The van der Waals surface area contributed by atoms with Gasteiger partial charge >= 0.3 is 5.97 Å². The van der Waals surface area contributed by atoms with Gasteiger partial charge in [-0.3, -0.25) is 14.4 Å². The van der Waals surface area contributed by atoms with Crippen molar-refractivity contribution in [2.24, 2.45) is 11.5 Å². The fraction of sp³-hybridized carbons (Fsp3) is 0.429. The van der Waals surface area contributed by atoms with Crippen LogP contribution in [0.3, 0.4) is 0 Å². The van der Waals surface area contributed by atoms with Crippen LogP contribution in [0.2, 0.25) is 0 Å². The summed E-state index contributed by atoms with van der Waals surface area (Å²) >= 11 is 0. The first kappa shape index (κ1) is 31.4. The molecule has 5 unspecified atom stereocenters. The zero-order valence-corrected chi connectivity index (χ0v) is 22.1. The summed E-state index contributed by atoms with van der Waals surface area (Å²) in [4.78, 5) is 51.1. The smallest absolute Gasteiger partial charge is 0.326 e. The number of aliphatic hydroxyl groups excluding tert-OH is 1. The number of carboxylic acid groups (broad SMARTS) is 1. The second-order valence-electron chi connectivity index (χ2n) is 9.45. The Labute approximate surface area is 228 Å². The number of rotatable bonds is 16. The average molecular weight is 542 g/mol. The molecule has 2 aromatic carbocycles. The zero-order chi connectivity index (χ0) is 28.8. The Balaban J connectivity index is 2.22. The number of benzene rings is 2. The van der Waals surface area contributed by atoms with Gasteiger partial charge in [-0.1, -0.05) is 60.7 Å². The monoisotopic (exact) mass is 541 g/mol. The van der Waals surface area contributed by atoms with Gasteiger partial charge in [-0.2, -0.15) is 0 Å². The predicted molar refractivity (Wildman–Crippen MR) is 146 cm³/mol. The van der Waals surface area contributed by atoms with Gasteiger partial charge in [0.2, 0.25) is 17.7 Å². The van der Waals surface area contributed by atoms with Gasteiger partial charge in [-0.15, -0.1) is 0 Å². The Kier molecular flexibility index (Phi) is 13.1. The molecule has 9 N–H and O–H groups in total. The van der Waals surface area contributed by atoms with Crippen molar-refractivity contribution in [2.45, 2.75) is 69.3 Å². The molecule has 39 heavy (non-hydrogen) atoms. The lowest BCUT2D eigenvalue weighted by atomic mass is 10.0. The minimum absolute atomic E-state index is 0.0648. The molecule has 5 atom stereocenters. The summed E-state index contributed by atoms with van der Waals surface area (Å²) in [6.07, 6.45) is 0.347. The third-order valence-corrected chi connectivity index (χ3v) is 6.22. The minimum Gasteiger partial charge on any atom is -0.480 e. The van der Waals surface area contributed by atoms with Crippen LogP contribution in [-0.4, -0.2) is 70.7 Å². The van der Waals surface area contributed by atoms with Crippen LogP contribution in [0.4, 0.5) is 0 Å². The molecular weight excluding hydrogens is 502 g/mol. The van der Waals surface area contributed by atoms with E-state index in [9.17, 15) is 29.4 Å². The topological polar surface area (TPSA) is 197 Å². The molecule has 0 bridgehead atoms. The highest BCUT2D eigenvalue weighted by Crippen LogP contribution is 2.09. The van der Waals surface area contributed by atoms with E-state index in [4.69, 9.17) is 11.5 Å². The van der Waals surface area contributed by atoms with E-state index in [0.29, 0.717) is 19.4 Å². The van der Waals surface area contributed by atoms with Crippen LogP contribution in [0.15, 0.2) is 60.7 Å². The standard InChI is InChI=1S/C28H39N5O6/c1-18(34)24(30)27(37)32-22(16-19-10-4-2-5-11-19)26(36)31-21(14-8-9-15-29)25(35)33-23(28(38)39)17-20-12-6-3-7-13-20/h2-7,10-13,18,21-24,34H,8-9,14-17,29-30H2,1H3,(H,31,36)(H,32,37)(H,33,35)(H,38,39). The van der Waals surface area contributed by atoms with Crippen LogP contribution in [0.1, 0.15) is 37.3 Å². The van der Waals surface area contributed by atoms with Crippen molar-refractivity contribution in [3.63, 3.8) is 0 Å². The SMILES string of the molecule is CC(O)C(N)C(=O)NC(Cc1ccccc1)C(=O)NC(CCCCN)C(=O)NC(Cc1ccccc1)C(=O)O. The summed E-state index contributed by atoms with van der Waals surface area (Å²) < 4.78 is 0. The van der Waals surface area contributed by atoms with Crippen LogP contribution in [0.25, 0.3) is 0 Å². The second kappa shape index (κ2) is 16.2. The maximum atomic E-state index is 13.4. The maximum absolute atomic E-state index is 13.4. The largest absolute Gasteiger partial charge is 0.480 e. The fourth-order valence-corrected chi connectivity index (χ4v) is 3.90. The number of unbranched alkanes of at least 4 members (excludes halogenated alkanes) is 1. The summed E-state index contributed by atoms with van der Waals surface area (Å²) in [5.74, 6) is -3.23. The van der Waals surface area contributed by atoms with E-state index >= 15 is 0 Å². The number of aliphatic carboxylic acids is 1. The Morgan fingerprint density at radius 2 is 1.21 bits per heavy atom. The van der Waals surface area contributed by atoms with Crippen LogP contribution in [0, 0.1) is 0 Å². The highest BCUT2D eigenvalue weighted by atomic mass is 16.4. The number of carbonyl (C=O) groups excluding carboxylic acids is 3. The van der Waals surface area contributed by atoms with Gasteiger partial charge < -0.3 is 37.6 Å². The van der Waals surface area contributed by atoms with Gasteiger partial charge in [0.1, 0.15) is 24.2 Å². The predicted octanol–water partition coefficient (Wildman–Crippen LogP) is -0.152. The minimum atomic E-state index is -1.26. The van der Waals surface area contributed by atoms with E-state index in [-0.39, 0.29) is 19.3 Å². The summed E-state index contributed by atoms with van der Waals surface area (Å²) in [6, 6.07) is 13.2. The molecule has 0 saturated heterocycles. The van der Waals surface area contributed by atoms with Crippen molar-refractivity contribution in [2.75, 3.05) is 6.54 Å². The molecule has 2 rings (SSSR count). The van der Waals surface area contributed by atoms with Crippen LogP contribution in [0.5, 0.6) is 0 Å². The first-order valence-corrected chi connectivity index (χ1v) is 13.0. The van der Waals surface area contributed by atoms with Gasteiger partial charge in [0.25, 0.3) is 0 Å². The number of nitrogens with two attached hydrogens (primary N) is 2. The van der Waals surface area contributed by atoms with Gasteiger partial charge in [0.15, 0.2) is 0 Å². The quantitative estimate of drug-likeness (QED) is 0.142. The van der Waals surface area contributed by atoms with Crippen molar-refractivity contribution in [3.05, 3.63) is 71.8 Å². The normalized spacial score (nSPS) is 14.8. The van der Waals surface area contributed by atoms with Gasteiger partial charge in [-0.25, -0.2) is 4.79 Å². The Hall–Kier alpha value is -3.80. The molecule has 0 spiro atoms. The molecule has 3 amide bonds. The van der Waals surface area contributed by atoms with E-state index in [0.717, 1.165) is 11.1 Å². The Morgan fingerprint density at radius 1 is 0.744 bits per heavy atom. The van der Waals surface area contributed by atoms with Crippen molar-refractivity contribution >= 4 is 23.7 Å². The molecule has 212 valence electrons. The molecule has 0 aromatic heterocycles. The molecule has 0 radical (unpaired) electrons. The summed E-state index contributed by atoms with van der Waals surface area (Å²) in [5.41, 5.74) is 12.8. The van der Waals surface area contributed by atoms with E-state index in [1.807, 2.05) is 6.07 Å². The summed E-state index contributed by atoms with van der Waals surface area (Å²) in [6.45, 7) is 1.75. The molecule has 0 aliphatic heterocycles. The number of aliphatic hydroxyl groups is 1. The van der Waals surface area contributed by atoms with E-state index in [1.54, 1.807) is 54.6 Å². The lowest BCUT2D eigenvalue weighted by Gasteiger charge is -2.26. The molecule has 0 fully saturated rings. The van der Waals surface area contributed by atoms with Crippen LogP contribution < -0.4 is 27.4 Å². The van der Waals surface area contributed by atoms with Crippen molar-refractivity contribution in [3.8, 4) is 0 Å². The van der Waals surface area contributed by atoms with Gasteiger partial charge in [0, 0.05) is 12.8 Å². The van der Waals surface area contributed by atoms with E-state index in [1.165, 1.54) is 6.92 Å². The van der Waals surface area contributed by atoms with Crippen LogP contribution >= 0.6 is 0 Å². The molecule has 11 nitrogen and oxygen atoms in total. The Bertz CT molecular complexity index is 1070. The fourth-order valence-electron chi connectivity index (χ4n) is 3.90. The highest BCUT2D eigenvalue weighted by molar-refractivity contribution is 5.94. The summed E-state index contributed by atoms with van der Waals surface area (Å²) in [7, 11) is 0. The molecular formula is C28H39N5O6. The molecule has 0 aliphatic carbocycles. The Morgan fingerprint density at radius 3 is 1.69 bits per heavy atom. The zero-order valence-electron chi connectivity index (χ0n) is 22.1.